The number of aliphatic hydroxyl groups is 1. The zero-order valence-electron chi connectivity index (χ0n) is 8.72. The summed E-state index contributed by atoms with van der Waals surface area (Å²) in [6.45, 7) is 0. The van der Waals surface area contributed by atoms with E-state index in [1.54, 1.807) is 25.4 Å². The number of pyridine rings is 2. The van der Waals surface area contributed by atoms with Crippen LogP contribution in [0.3, 0.4) is 0 Å². The highest BCUT2D eigenvalue weighted by Gasteiger charge is 2.12. The smallest absolute Gasteiger partial charge is 0.213 e. The molecule has 0 aliphatic carbocycles. The summed E-state index contributed by atoms with van der Waals surface area (Å²) in [5.41, 5.74) is 2.17. The first-order valence-electron chi connectivity index (χ1n) is 4.80. The Labute approximate surface area is 101 Å². The van der Waals surface area contributed by atoms with Gasteiger partial charge in [0.1, 0.15) is 0 Å². The molecule has 2 aromatic heterocycles. The Kier molecular flexibility index (Phi) is 3.36. The highest BCUT2D eigenvalue weighted by Crippen LogP contribution is 2.24. The van der Waals surface area contributed by atoms with Crippen LogP contribution in [-0.2, 0) is 0 Å². The lowest BCUT2D eigenvalue weighted by molar-refractivity contribution is 0.206. The molecule has 1 N–H and O–H groups in total. The summed E-state index contributed by atoms with van der Waals surface area (Å²) in [6, 6.07) is 5.34. The normalized spacial score (nSPS) is 12.7. The molecule has 1 atom stereocenters. The van der Waals surface area contributed by atoms with Crippen LogP contribution in [-0.4, -0.2) is 27.5 Å². The van der Waals surface area contributed by atoms with Gasteiger partial charge < -0.3 is 9.84 Å². The van der Waals surface area contributed by atoms with E-state index in [0.29, 0.717) is 16.7 Å². The molecule has 0 unspecified atom stereocenters. The Hall–Kier alpha value is -1.20. The van der Waals surface area contributed by atoms with Gasteiger partial charge in [0.2, 0.25) is 5.88 Å². The fourth-order valence-corrected chi connectivity index (χ4v) is 1.84. The Morgan fingerprint density at radius 1 is 1.44 bits per heavy atom. The Bertz CT molecular complexity index is 504. The lowest BCUT2D eigenvalue weighted by atomic mass is 10.1. The van der Waals surface area contributed by atoms with Gasteiger partial charge >= 0.3 is 0 Å². The minimum absolute atomic E-state index is 0.463. The van der Waals surface area contributed by atoms with Crippen molar-refractivity contribution < 1.29 is 9.84 Å². The lowest BCUT2D eigenvalue weighted by Gasteiger charge is -2.10. The molecule has 2 heterocycles. The van der Waals surface area contributed by atoms with E-state index in [2.05, 4.69) is 25.9 Å². The van der Waals surface area contributed by atoms with Crippen molar-refractivity contribution in [2.45, 2.75) is 6.10 Å². The van der Waals surface area contributed by atoms with Gasteiger partial charge in [-0.05, 0) is 12.1 Å². The quantitative estimate of drug-likeness (QED) is 0.876. The number of hydrogen-bond acceptors (Lipinski definition) is 4. The van der Waals surface area contributed by atoms with Crippen LogP contribution < -0.4 is 4.74 Å². The molecule has 0 spiro atoms. The van der Waals surface area contributed by atoms with Gasteiger partial charge in [0.15, 0.2) is 0 Å². The SMILES string of the molecule is COc1ccc2nccc([C@@H](O)CBr)c2n1. The van der Waals surface area contributed by atoms with E-state index >= 15 is 0 Å². The molecule has 5 heteroatoms. The van der Waals surface area contributed by atoms with Crippen LogP contribution in [0.15, 0.2) is 24.4 Å². The fourth-order valence-electron chi connectivity index (χ4n) is 1.49. The van der Waals surface area contributed by atoms with E-state index in [-0.39, 0.29) is 0 Å². The number of rotatable bonds is 3. The molecule has 0 radical (unpaired) electrons. The summed E-state index contributed by atoms with van der Waals surface area (Å²) < 4.78 is 5.06. The van der Waals surface area contributed by atoms with Crippen molar-refractivity contribution in [1.82, 2.24) is 9.97 Å². The molecule has 0 amide bonds. The first-order chi connectivity index (χ1) is 7.76. The van der Waals surface area contributed by atoms with Crippen molar-refractivity contribution in [2.24, 2.45) is 0 Å². The molecule has 0 saturated heterocycles. The highest BCUT2D eigenvalue weighted by atomic mass is 79.9. The second kappa shape index (κ2) is 4.76. The standard InChI is InChI=1S/C11H11BrN2O2/c1-16-10-3-2-8-11(14-10)7(4-5-13-8)9(15)6-12/h2-5,9,15H,6H2,1H3/t9-/m0/s1. The first-order valence-corrected chi connectivity index (χ1v) is 5.92. The predicted octanol–water partition coefficient (Wildman–Crippen LogP) is 2.07. The summed E-state index contributed by atoms with van der Waals surface area (Å²) in [5, 5.41) is 10.3. The van der Waals surface area contributed by atoms with Crippen LogP contribution in [0, 0.1) is 0 Å². The van der Waals surface area contributed by atoms with Crippen molar-refractivity contribution >= 4 is 27.0 Å². The first kappa shape index (κ1) is 11.3. The average molecular weight is 283 g/mol. The molecular formula is C11H11BrN2O2. The number of ether oxygens (including phenoxy) is 1. The minimum Gasteiger partial charge on any atom is -0.481 e. The number of hydrogen-bond donors (Lipinski definition) is 1. The van der Waals surface area contributed by atoms with Crippen molar-refractivity contribution in [3.63, 3.8) is 0 Å². The van der Waals surface area contributed by atoms with Gasteiger partial charge in [0.05, 0.1) is 24.2 Å². The molecule has 84 valence electrons. The molecule has 0 bridgehead atoms. The maximum absolute atomic E-state index is 9.84. The second-order valence-corrected chi connectivity index (χ2v) is 3.94. The maximum atomic E-state index is 9.84. The van der Waals surface area contributed by atoms with Gasteiger partial charge in [-0.1, -0.05) is 15.9 Å². The molecule has 0 saturated carbocycles. The third-order valence-electron chi connectivity index (χ3n) is 2.30. The number of halogens is 1. The summed E-state index contributed by atoms with van der Waals surface area (Å²) >= 11 is 3.24. The monoisotopic (exact) mass is 282 g/mol. The van der Waals surface area contributed by atoms with Crippen LogP contribution in [0.25, 0.3) is 11.0 Å². The van der Waals surface area contributed by atoms with Crippen LogP contribution in [0.5, 0.6) is 5.88 Å². The van der Waals surface area contributed by atoms with Crippen molar-refractivity contribution in [3.05, 3.63) is 30.0 Å². The molecular weight excluding hydrogens is 272 g/mol. The Balaban J connectivity index is 2.64. The van der Waals surface area contributed by atoms with Crippen LogP contribution in [0.1, 0.15) is 11.7 Å². The summed E-state index contributed by atoms with van der Waals surface area (Å²) in [7, 11) is 1.56. The topological polar surface area (TPSA) is 55.2 Å². The zero-order chi connectivity index (χ0) is 11.5. The van der Waals surface area contributed by atoms with Gasteiger partial charge in [-0.25, -0.2) is 4.98 Å². The molecule has 16 heavy (non-hydrogen) atoms. The third kappa shape index (κ3) is 2.01. The van der Waals surface area contributed by atoms with Gasteiger partial charge in [-0.3, -0.25) is 4.98 Å². The van der Waals surface area contributed by atoms with Crippen LogP contribution >= 0.6 is 15.9 Å². The maximum Gasteiger partial charge on any atom is 0.213 e. The Morgan fingerprint density at radius 2 is 2.25 bits per heavy atom. The van der Waals surface area contributed by atoms with E-state index in [9.17, 15) is 5.11 Å². The molecule has 2 rings (SSSR count). The number of alkyl halides is 1. The minimum atomic E-state index is -0.592. The number of fused-ring (bicyclic) bond motifs is 1. The summed E-state index contributed by atoms with van der Waals surface area (Å²) in [6.07, 6.45) is 1.07. The van der Waals surface area contributed by atoms with E-state index in [1.165, 1.54) is 0 Å². The zero-order valence-corrected chi connectivity index (χ0v) is 10.3. The van der Waals surface area contributed by atoms with Gasteiger partial charge in [-0.2, -0.15) is 0 Å². The molecule has 0 aliphatic rings. The molecule has 4 nitrogen and oxygen atoms in total. The molecule has 0 aliphatic heterocycles. The highest BCUT2D eigenvalue weighted by molar-refractivity contribution is 9.09. The van der Waals surface area contributed by atoms with Gasteiger partial charge in [0, 0.05) is 23.2 Å². The second-order valence-electron chi connectivity index (χ2n) is 3.29. The summed E-state index contributed by atoms with van der Waals surface area (Å²) in [4.78, 5) is 8.49. The van der Waals surface area contributed by atoms with Crippen LogP contribution in [0.4, 0.5) is 0 Å². The van der Waals surface area contributed by atoms with E-state index in [0.717, 1.165) is 11.1 Å². The lowest BCUT2D eigenvalue weighted by Crippen LogP contribution is -2.01. The number of methoxy groups -OCH3 is 1. The third-order valence-corrected chi connectivity index (χ3v) is 2.92. The summed E-state index contributed by atoms with van der Waals surface area (Å²) in [5.74, 6) is 0.517. The van der Waals surface area contributed by atoms with E-state index in [1.807, 2.05) is 6.07 Å². The van der Waals surface area contributed by atoms with Crippen molar-refractivity contribution in [2.75, 3.05) is 12.4 Å². The van der Waals surface area contributed by atoms with E-state index < -0.39 is 6.10 Å². The number of aliphatic hydroxyl groups excluding tert-OH is 1. The van der Waals surface area contributed by atoms with Crippen LogP contribution in [0.2, 0.25) is 0 Å². The van der Waals surface area contributed by atoms with Gasteiger partial charge in [-0.15, -0.1) is 0 Å². The molecule has 0 aromatic carbocycles. The Morgan fingerprint density at radius 3 is 2.94 bits per heavy atom. The predicted molar refractivity (Wildman–Crippen MR) is 64.8 cm³/mol. The molecule has 2 aromatic rings. The largest absolute Gasteiger partial charge is 0.481 e. The average Bonchev–Trinajstić information content (AvgIpc) is 2.36. The number of nitrogens with zero attached hydrogens (tertiary/aromatic N) is 2. The van der Waals surface area contributed by atoms with Gasteiger partial charge in [0.25, 0.3) is 0 Å². The van der Waals surface area contributed by atoms with Crippen molar-refractivity contribution in [1.29, 1.82) is 0 Å². The fraction of sp³-hybridized carbons (Fsp3) is 0.273. The van der Waals surface area contributed by atoms with E-state index in [4.69, 9.17) is 4.74 Å². The molecule has 0 fully saturated rings. The number of aromatic nitrogens is 2. The van der Waals surface area contributed by atoms with Crippen molar-refractivity contribution in [3.8, 4) is 5.88 Å².